The molecule has 0 aromatic heterocycles. The molecule has 0 bridgehead atoms. The number of anilines is 1. The molecule has 3 nitrogen and oxygen atoms in total. The van der Waals surface area contributed by atoms with Gasteiger partial charge in [0.05, 0.1) is 16.8 Å². The van der Waals surface area contributed by atoms with Crippen LogP contribution >= 0.6 is 11.8 Å². The van der Waals surface area contributed by atoms with Crippen molar-refractivity contribution in [3.63, 3.8) is 0 Å². The van der Waals surface area contributed by atoms with E-state index in [-0.39, 0.29) is 10.3 Å². The molecule has 1 fully saturated rings. The number of alkyl halides is 3. The van der Waals surface area contributed by atoms with E-state index in [0.29, 0.717) is 13.1 Å². The number of hydrogen-bond donors (Lipinski definition) is 1. The molecule has 0 spiro atoms. The van der Waals surface area contributed by atoms with Crippen molar-refractivity contribution in [2.45, 2.75) is 24.8 Å². The number of nitrogen functional groups attached to an aromatic ring is 1. The molecular formula is C14H17F3N2OS. The molecule has 1 aliphatic rings. The fourth-order valence-corrected chi connectivity index (χ4v) is 3.47. The average molecular weight is 318 g/mol. The van der Waals surface area contributed by atoms with Crippen LogP contribution < -0.4 is 5.73 Å². The maximum absolute atomic E-state index is 12.8. The monoisotopic (exact) mass is 318 g/mol. The number of halogens is 3. The van der Waals surface area contributed by atoms with Gasteiger partial charge in [-0.2, -0.15) is 24.9 Å². The van der Waals surface area contributed by atoms with Crippen LogP contribution in [0.4, 0.5) is 18.9 Å². The van der Waals surface area contributed by atoms with Crippen molar-refractivity contribution in [3.8, 4) is 0 Å². The Kier molecular flexibility index (Phi) is 4.15. The van der Waals surface area contributed by atoms with Crippen LogP contribution in [0, 0.1) is 0 Å². The standard InChI is InChI=1S/C14H17F3N2OS/c1-13(2)8-19(6-7-21-13)12(20)9-4-3-5-10(11(9)18)14(15,16)17/h3-5H,6-8,18H2,1-2H3. The van der Waals surface area contributed by atoms with Crippen LogP contribution in [0.25, 0.3) is 0 Å². The summed E-state index contributed by atoms with van der Waals surface area (Å²) >= 11 is 1.74. The molecule has 7 heteroatoms. The zero-order valence-electron chi connectivity index (χ0n) is 11.8. The Morgan fingerprint density at radius 1 is 1.38 bits per heavy atom. The van der Waals surface area contributed by atoms with E-state index >= 15 is 0 Å². The molecule has 1 aromatic carbocycles. The lowest BCUT2D eigenvalue weighted by molar-refractivity contribution is -0.136. The van der Waals surface area contributed by atoms with Crippen molar-refractivity contribution in [2.75, 3.05) is 24.6 Å². The number of nitrogens with two attached hydrogens (primary N) is 1. The molecule has 1 saturated heterocycles. The maximum atomic E-state index is 12.8. The van der Waals surface area contributed by atoms with Gasteiger partial charge in [0.15, 0.2) is 0 Å². The van der Waals surface area contributed by atoms with Crippen molar-refractivity contribution in [3.05, 3.63) is 29.3 Å². The van der Waals surface area contributed by atoms with Crippen molar-refractivity contribution < 1.29 is 18.0 Å². The molecule has 1 aromatic rings. The number of thioether (sulfide) groups is 1. The minimum atomic E-state index is -4.56. The van der Waals surface area contributed by atoms with Crippen molar-refractivity contribution in [1.29, 1.82) is 0 Å². The number of amides is 1. The quantitative estimate of drug-likeness (QED) is 0.809. The lowest BCUT2D eigenvalue weighted by atomic mass is 10.0. The third-order valence-electron chi connectivity index (χ3n) is 3.35. The van der Waals surface area contributed by atoms with Gasteiger partial charge in [0.2, 0.25) is 0 Å². The Hall–Kier alpha value is -1.37. The zero-order valence-corrected chi connectivity index (χ0v) is 12.6. The predicted molar refractivity (Wildman–Crippen MR) is 78.3 cm³/mol. The second kappa shape index (κ2) is 5.44. The smallest absolute Gasteiger partial charge is 0.398 e. The highest BCUT2D eigenvalue weighted by molar-refractivity contribution is 8.00. The van der Waals surface area contributed by atoms with Gasteiger partial charge < -0.3 is 10.6 Å². The summed E-state index contributed by atoms with van der Waals surface area (Å²) in [5, 5.41) is 0. The number of hydrogen-bond acceptors (Lipinski definition) is 3. The first-order chi connectivity index (χ1) is 9.62. The first kappa shape index (κ1) is 16.0. The van der Waals surface area contributed by atoms with E-state index in [9.17, 15) is 18.0 Å². The Bertz CT molecular complexity index is 558. The topological polar surface area (TPSA) is 46.3 Å². The number of para-hydroxylation sites is 1. The predicted octanol–water partition coefficient (Wildman–Crippen LogP) is 3.26. The highest BCUT2D eigenvalue weighted by atomic mass is 32.2. The van der Waals surface area contributed by atoms with Crippen LogP contribution in [0.15, 0.2) is 18.2 Å². The number of carbonyl (C=O) groups excluding carboxylic acids is 1. The molecule has 0 unspecified atom stereocenters. The summed E-state index contributed by atoms with van der Waals surface area (Å²) in [7, 11) is 0. The van der Waals surface area contributed by atoms with Crippen molar-refractivity contribution >= 4 is 23.4 Å². The van der Waals surface area contributed by atoms with Gasteiger partial charge in [0.25, 0.3) is 5.91 Å². The second-order valence-electron chi connectivity index (χ2n) is 5.60. The molecule has 116 valence electrons. The normalized spacial score (nSPS) is 18.6. The van der Waals surface area contributed by atoms with Gasteiger partial charge in [-0.05, 0) is 26.0 Å². The number of rotatable bonds is 1. The van der Waals surface area contributed by atoms with Gasteiger partial charge in [-0.1, -0.05) is 6.07 Å². The van der Waals surface area contributed by atoms with Gasteiger partial charge in [0.1, 0.15) is 0 Å². The third-order valence-corrected chi connectivity index (χ3v) is 4.65. The minimum absolute atomic E-state index is 0.0764. The lowest BCUT2D eigenvalue weighted by Crippen LogP contribution is -2.46. The summed E-state index contributed by atoms with van der Waals surface area (Å²) in [6.07, 6.45) is -4.56. The molecule has 1 amide bonds. The molecule has 2 rings (SSSR count). The fourth-order valence-electron chi connectivity index (χ4n) is 2.36. The number of nitrogens with zero attached hydrogens (tertiary/aromatic N) is 1. The molecule has 1 aliphatic heterocycles. The first-order valence-electron chi connectivity index (χ1n) is 6.51. The summed E-state index contributed by atoms with van der Waals surface area (Å²) < 4.78 is 38.4. The number of benzene rings is 1. The molecule has 0 atom stereocenters. The van der Waals surface area contributed by atoms with Crippen molar-refractivity contribution in [2.24, 2.45) is 0 Å². The van der Waals surface area contributed by atoms with Crippen LogP contribution in [0.5, 0.6) is 0 Å². The summed E-state index contributed by atoms with van der Waals surface area (Å²) in [4.78, 5) is 14.0. The molecule has 0 aliphatic carbocycles. The van der Waals surface area contributed by atoms with E-state index < -0.39 is 23.3 Å². The first-order valence-corrected chi connectivity index (χ1v) is 7.49. The summed E-state index contributed by atoms with van der Waals surface area (Å²) in [5.41, 5.74) is 4.04. The number of carbonyl (C=O) groups is 1. The van der Waals surface area contributed by atoms with E-state index in [1.807, 2.05) is 13.8 Å². The zero-order chi connectivity index (χ0) is 15.8. The van der Waals surface area contributed by atoms with Gasteiger partial charge in [0, 0.05) is 23.6 Å². The Labute approximate surface area is 125 Å². The fraction of sp³-hybridized carbons (Fsp3) is 0.500. The van der Waals surface area contributed by atoms with E-state index in [4.69, 9.17) is 5.73 Å². The van der Waals surface area contributed by atoms with E-state index in [1.54, 1.807) is 16.7 Å². The van der Waals surface area contributed by atoms with Gasteiger partial charge in [-0.15, -0.1) is 0 Å². The third kappa shape index (κ3) is 3.45. The van der Waals surface area contributed by atoms with Crippen LogP contribution in [0.2, 0.25) is 0 Å². The summed E-state index contributed by atoms with van der Waals surface area (Å²) in [5.74, 6) is 0.324. The van der Waals surface area contributed by atoms with Gasteiger partial charge in [-0.3, -0.25) is 4.79 Å². The van der Waals surface area contributed by atoms with E-state index in [1.165, 1.54) is 12.1 Å². The lowest BCUT2D eigenvalue weighted by Gasteiger charge is -2.37. The van der Waals surface area contributed by atoms with Crippen LogP contribution in [0.1, 0.15) is 29.8 Å². The Morgan fingerprint density at radius 2 is 2.05 bits per heavy atom. The van der Waals surface area contributed by atoms with Crippen LogP contribution in [-0.4, -0.2) is 34.4 Å². The van der Waals surface area contributed by atoms with E-state index in [0.717, 1.165) is 11.8 Å². The minimum Gasteiger partial charge on any atom is -0.398 e. The summed E-state index contributed by atoms with van der Waals surface area (Å²) in [6.45, 7) is 5.02. The van der Waals surface area contributed by atoms with Crippen LogP contribution in [-0.2, 0) is 6.18 Å². The van der Waals surface area contributed by atoms with Gasteiger partial charge >= 0.3 is 6.18 Å². The molecule has 21 heavy (non-hydrogen) atoms. The largest absolute Gasteiger partial charge is 0.418 e. The molecule has 1 heterocycles. The highest BCUT2D eigenvalue weighted by Gasteiger charge is 2.36. The molecule has 0 saturated carbocycles. The Morgan fingerprint density at radius 3 is 2.62 bits per heavy atom. The Balaban J connectivity index is 2.32. The SMILES string of the molecule is CC1(C)CN(C(=O)c2cccc(C(F)(F)F)c2N)CCS1. The molecule has 0 radical (unpaired) electrons. The average Bonchev–Trinajstić information content (AvgIpc) is 2.35. The molecular weight excluding hydrogens is 301 g/mol. The second-order valence-corrected chi connectivity index (χ2v) is 7.40. The highest BCUT2D eigenvalue weighted by Crippen LogP contribution is 2.36. The van der Waals surface area contributed by atoms with Crippen LogP contribution in [0.3, 0.4) is 0 Å². The van der Waals surface area contributed by atoms with Crippen molar-refractivity contribution in [1.82, 2.24) is 4.90 Å². The van der Waals surface area contributed by atoms with Gasteiger partial charge in [-0.25, -0.2) is 0 Å². The van der Waals surface area contributed by atoms with E-state index in [2.05, 4.69) is 0 Å². The maximum Gasteiger partial charge on any atom is 0.418 e. The summed E-state index contributed by atoms with van der Waals surface area (Å²) in [6, 6.07) is 3.46. The molecule has 2 N–H and O–H groups in total.